The van der Waals surface area contributed by atoms with Gasteiger partial charge in [-0.1, -0.05) is 102 Å². The molecular formula is C35H36BN5. The van der Waals surface area contributed by atoms with Crippen molar-refractivity contribution in [3.63, 3.8) is 0 Å². The number of nitrogens with zero attached hydrogens (tertiary/aromatic N) is 2. The van der Waals surface area contributed by atoms with Crippen LogP contribution in [0.4, 0.5) is 5.69 Å². The van der Waals surface area contributed by atoms with Crippen molar-refractivity contribution in [2.75, 3.05) is 5.43 Å². The van der Waals surface area contributed by atoms with Gasteiger partial charge in [-0.3, -0.25) is 5.84 Å². The molecule has 2 aromatic heterocycles. The Hall–Kier alpha value is -4.29. The first kappa shape index (κ1) is 25.7. The van der Waals surface area contributed by atoms with Gasteiger partial charge in [-0.2, -0.15) is 0 Å². The molecule has 1 aliphatic rings. The summed E-state index contributed by atoms with van der Waals surface area (Å²) < 4.78 is 4.77. The largest absolute Gasteiger partial charge is 0.376 e. The van der Waals surface area contributed by atoms with E-state index >= 15 is 0 Å². The van der Waals surface area contributed by atoms with E-state index in [1.807, 2.05) is 0 Å². The minimum atomic E-state index is -0.0630. The molecule has 0 amide bonds. The quantitative estimate of drug-likeness (QED) is 0.103. The number of hydrogen-bond acceptors (Lipinski definition) is 3. The standard InChI is InChI=1S/C35H36BN5/c1-34(2,3)21-14-16-23-24-17-15-22(35(4,5)6)19-30(24)41(29(23)18-21)36-26-11-7-8-13-28(26)40-31(20-37)32(39-38)25-10-9-12-27(36)33(25)40/h7-20,37,39H,38H2,1-6H3. The molecule has 0 spiro atoms. The predicted octanol–water partition coefficient (Wildman–Crippen LogP) is 6.58. The topological polar surface area (TPSA) is 71.8 Å². The first-order valence-electron chi connectivity index (χ1n) is 14.4. The van der Waals surface area contributed by atoms with Gasteiger partial charge in [-0.25, -0.2) is 0 Å². The van der Waals surface area contributed by atoms with Crippen LogP contribution in [0.1, 0.15) is 58.4 Å². The van der Waals surface area contributed by atoms with Gasteiger partial charge in [0.15, 0.2) is 0 Å². The highest BCUT2D eigenvalue weighted by atomic mass is 15.2. The molecule has 6 aromatic rings. The van der Waals surface area contributed by atoms with Crippen molar-refractivity contribution in [3.8, 4) is 5.69 Å². The first-order valence-corrected chi connectivity index (χ1v) is 14.4. The van der Waals surface area contributed by atoms with Crippen LogP contribution in [-0.2, 0) is 10.8 Å². The van der Waals surface area contributed by atoms with Gasteiger partial charge in [-0.05, 0) is 51.1 Å². The van der Waals surface area contributed by atoms with Gasteiger partial charge < -0.3 is 19.9 Å². The molecule has 1 aliphatic heterocycles. The van der Waals surface area contributed by atoms with Crippen molar-refractivity contribution in [3.05, 3.63) is 95.7 Å². The SMILES string of the molecule is CC(C)(C)c1ccc2c3ccc(C(C)(C)C)cc3n(B3c4ccccc4-n4c(C=N)c(NN)c5cccc3c54)c2c1. The summed E-state index contributed by atoms with van der Waals surface area (Å²) in [6.45, 7) is 13.6. The number of nitrogens with one attached hydrogen (secondary N) is 2. The summed E-state index contributed by atoms with van der Waals surface area (Å²) in [6, 6.07) is 29.1. The molecule has 3 heterocycles. The van der Waals surface area contributed by atoms with Crippen molar-refractivity contribution >= 4 is 62.4 Å². The fourth-order valence-electron chi connectivity index (χ4n) is 6.77. The van der Waals surface area contributed by atoms with Gasteiger partial charge in [0, 0.05) is 39.1 Å². The van der Waals surface area contributed by atoms with E-state index in [4.69, 9.17) is 11.3 Å². The number of benzene rings is 4. The molecule has 0 aliphatic carbocycles. The van der Waals surface area contributed by atoms with E-state index < -0.39 is 0 Å². The molecule has 0 saturated carbocycles. The molecule has 41 heavy (non-hydrogen) atoms. The second kappa shape index (κ2) is 8.61. The number of hydrazine groups is 1. The molecule has 0 fully saturated rings. The van der Waals surface area contributed by atoms with Gasteiger partial charge >= 0.3 is 6.85 Å². The number of fused-ring (bicyclic) bond motifs is 5. The molecule has 5 nitrogen and oxygen atoms in total. The molecule has 0 unspecified atom stereocenters. The van der Waals surface area contributed by atoms with E-state index in [0.717, 1.165) is 28.0 Å². The Morgan fingerprint density at radius 1 is 0.732 bits per heavy atom. The van der Waals surface area contributed by atoms with Crippen molar-refractivity contribution in [1.82, 2.24) is 9.05 Å². The summed E-state index contributed by atoms with van der Waals surface area (Å²) in [5.74, 6) is 6.07. The maximum atomic E-state index is 8.32. The lowest BCUT2D eigenvalue weighted by molar-refractivity contribution is 0.591. The number of nitrogens with two attached hydrogens (primary N) is 1. The normalized spacial score (nSPS) is 13.3. The summed E-state index contributed by atoms with van der Waals surface area (Å²) >= 11 is 0. The average molecular weight is 538 g/mol. The Kier molecular flexibility index (Phi) is 5.39. The van der Waals surface area contributed by atoms with Crippen molar-refractivity contribution in [2.45, 2.75) is 52.4 Å². The second-order valence-electron chi connectivity index (χ2n) is 13.4. The van der Waals surface area contributed by atoms with Crippen LogP contribution in [0, 0.1) is 5.41 Å². The van der Waals surface area contributed by atoms with Crippen molar-refractivity contribution < 1.29 is 0 Å². The summed E-state index contributed by atoms with van der Waals surface area (Å²) in [5.41, 5.74) is 14.2. The van der Waals surface area contributed by atoms with E-state index in [2.05, 4.69) is 135 Å². The van der Waals surface area contributed by atoms with E-state index in [0.29, 0.717) is 0 Å². The van der Waals surface area contributed by atoms with Crippen molar-refractivity contribution in [1.29, 1.82) is 5.41 Å². The summed E-state index contributed by atoms with van der Waals surface area (Å²) in [7, 11) is 0. The van der Waals surface area contributed by atoms with Crippen LogP contribution in [0.15, 0.2) is 78.9 Å². The smallest absolute Gasteiger partial charge is 0.332 e. The Morgan fingerprint density at radius 3 is 1.88 bits per heavy atom. The zero-order valence-electron chi connectivity index (χ0n) is 24.6. The van der Waals surface area contributed by atoms with Crippen LogP contribution < -0.4 is 22.2 Å². The average Bonchev–Trinajstić information content (AvgIpc) is 3.45. The van der Waals surface area contributed by atoms with E-state index in [9.17, 15) is 0 Å². The molecule has 0 bridgehead atoms. The number of nitrogen functional groups attached to an aromatic ring is 1. The molecule has 6 heteroatoms. The fourth-order valence-corrected chi connectivity index (χ4v) is 6.77. The van der Waals surface area contributed by atoms with Crippen LogP contribution in [0.3, 0.4) is 0 Å². The number of aromatic nitrogens is 2. The van der Waals surface area contributed by atoms with Gasteiger partial charge in [0.2, 0.25) is 0 Å². The van der Waals surface area contributed by atoms with Crippen LogP contribution >= 0.6 is 0 Å². The van der Waals surface area contributed by atoms with E-state index in [1.54, 1.807) is 0 Å². The third-order valence-corrected chi connectivity index (χ3v) is 8.90. The van der Waals surface area contributed by atoms with Gasteiger partial charge in [-0.15, -0.1) is 0 Å². The van der Waals surface area contributed by atoms with Gasteiger partial charge in [0.1, 0.15) is 0 Å². The Labute approximate surface area is 241 Å². The number of rotatable bonds is 3. The minimum Gasteiger partial charge on any atom is -0.376 e. The number of para-hydroxylation sites is 2. The lowest BCUT2D eigenvalue weighted by Crippen LogP contribution is -2.53. The molecule has 4 N–H and O–H groups in total. The molecule has 7 rings (SSSR count). The molecular weight excluding hydrogens is 501 g/mol. The van der Waals surface area contributed by atoms with Crippen molar-refractivity contribution in [2.24, 2.45) is 5.84 Å². The maximum absolute atomic E-state index is 8.32. The third kappa shape index (κ3) is 3.56. The number of hydrogen-bond donors (Lipinski definition) is 3. The van der Waals surface area contributed by atoms with Crippen LogP contribution in [0.25, 0.3) is 38.4 Å². The summed E-state index contributed by atoms with van der Waals surface area (Å²) in [5, 5.41) is 11.9. The molecule has 204 valence electrons. The fraction of sp³-hybridized carbons (Fsp3) is 0.229. The lowest BCUT2D eigenvalue weighted by Gasteiger charge is -2.29. The van der Waals surface area contributed by atoms with Crippen LogP contribution in [0.5, 0.6) is 0 Å². The monoisotopic (exact) mass is 537 g/mol. The summed E-state index contributed by atoms with van der Waals surface area (Å²) in [4.78, 5) is 0. The lowest BCUT2D eigenvalue weighted by atomic mass is 9.48. The highest BCUT2D eigenvalue weighted by Crippen LogP contribution is 2.38. The van der Waals surface area contributed by atoms with Crippen LogP contribution in [0.2, 0.25) is 0 Å². The maximum Gasteiger partial charge on any atom is 0.332 e. The Balaban J connectivity index is 1.68. The molecule has 0 saturated heterocycles. The zero-order chi connectivity index (χ0) is 28.8. The predicted molar refractivity (Wildman–Crippen MR) is 176 cm³/mol. The number of anilines is 1. The molecule has 0 radical (unpaired) electrons. The third-order valence-electron chi connectivity index (χ3n) is 8.90. The van der Waals surface area contributed by atoms with Gasteiger partial charge in [0.25, 0.3) is 0 Å². The highest BCUT2D eigenvalue weighted by molar-refractivity contribution is 6.88. The van der Waals surface area contributed by atoms with E-state index in [1.165, 1.54) is 50.1 Å². The highest BCUT2D eigenvalue weighted by Gasteiger charge is 2.37. The Bertz CT molecular complexity index is 1960. The van der Waals surface area contributed by atoms with Crippen LogP contribution in [-0.4, -0.2) is 22.1 Å². The van der Waals surface area contributed by atoms with E-state index in [-0.39, 0.29) is 17.7 Å². The summed E-state index contributed by atoms with van der Waals surface area (Å²) in [6.07, 6.45) is 1.40. The van der Waals surface area contributed by atoms with Gasteiger partial charge in [0.05, 0.1) is 16.9 Å². The molecule has 0 atom stereocenters. The minimum absolute atomic E-state index is 0.0196. The second-order valence-corrected chi connectivity index (χ2v) is 13.4. The Morgan fingerprint density at radius 2 is 1.32 bits per heavy atom. The zero-order valence-corrected chi connectivity index (χ0v) is 24.6. The molecule has 4 aromatic carbocycles. The first-order chi connectivity index (χ1) is 19.5.